The van der Waals surface area contributed by atoms with Crippen molar-refractivity contribution in [3.05, 3.63) is 42.4 Å². The number of aliphatic hydroxyl groups is 1. The first-order valence-electron chi connectivity index (χ1n) is 10.5. The summed E-state index contributed by atoms with van der Waals surface area (Å²) in [4.78, 5) is 22.3. The minimum atomic E-state index is -0.489. The molecule has 5 rings (SSSR count). The summed E-state index contributed by atoms with van der Waals surface area (Å²) in [6.45, 7) is 4.23. The lowest BCUT2D eigenvalue weighted by Gasteiger charge is -2.32. The van der Waals surface area contributed by atoms with E-state index in [9.17, 15) is 9.90 Å². The third kappa shape index (κ3) is 3.12. The van der Waals surface area contributed by atoms with Crippen LogP contribution in [0.3, 0.4) is 0 Å². The summed E-state index contributed by atoms with van der Waals surface area (Å²) in [5, 5.41) is 21.2. The number of hydrogen-bond acceptors (Lipinski definition) is 6. The molecule has 0 aliphatic heterocycles. The molecule has 0 spiro atoms. The first kappa shape index (κ1) is 19.5. The monoisotopic (exact) mass is 419 g/mol. The van der Waals surface area contributed by atoms with Crippen LogP contribution in [0.4, 0.5) is 5.82 Å². The minimum Gasteiger partial charge on any atom is -0.391 e. The van der Waals surface area contributed by atoms with Crippen LogP contribution in [-0.4, -0.2) is 54.4 Å². The van der Waals surface area contributed by atoms with E-state index in [2.05, 4.69) is 45.3 Å². The van der Waals surface area contributed by atoms with Gasteiger partial charge in [0.1, 0.15) is 17.0 Å². The molecule has 1 aliphatic rings. The second-order valence-electron chi connectivity index (χ2n) is 8.21. The third-order valence-corrected chi connectivity index (χ3v) is 5.95. The molecule has 4 heterocycles. The molecule has 9 heteroatoms. The van der Waals surface area contributed by atoms with Crippen LogP contribution in [0.25, 0.3) is 27.9 Å². The zero-order chi connectivity index (χ0) is 21.7. The smallest absolute Gasteiger partial charge is 0.257 e. The van der Waals surface area contributed by atoms with Crippen LogP contribution in [0.15, 0.2) is 36.8 Å². The van der Waals surface area contributed by atoms with Crippen molar-refractivity contribution in [2.24, 2.45) is 0 Å². The van der Waals surface area contributed by atoms with Gasteiger partial charge >= 0.3 is 0 Å². The van der Waals surface area contributed by atoms with Crippen molar-refractivity contribution in [2.75, 3.05) is 12.4 Å². The lowest BCUT2D eigenvalue weighted by atomic mass is 9.89. The Morgan fingerprint density at radius 1 is 1.29 bits per heavy atom. The van der Waals surface area contributed by atoms with Crippen molar-refractivity contribution in [3.63, 3.8) is 0 Å². The number of aliphatic hydroxyl groups excluding tert-OH is 1. The second-order valence-corrected chi connectivity index (χ2v) is 8.21. The molecule has 1 aliphatic carbocycles. The Morgan fingerprint density at radius 2 is 2.13 bits per heavy atom. The summed E-state index contributed by atoms with van der Waals surface area (Å²) in [7, 11) is 1.81. The Kier molecular flexibility index (Phi) is 4.62. The highest BCUT2D eigenvalue weighted by Gasteiger charge is 2.31. The van der Waals surface area contributed by atoms with E-state index < -0.39 is 6.10 Å². The highest BCUT2D eigenvalue weighted by molar-refractivity contribution is 6.01. The van der Waals surface area contributed by atoms with Gasteiger partial charge in [0.25, 0.3) is 5.91 Å². The molecule has 160 valence electrons. The van der Waals surface area contributed by atoms with Crippen molar-refractivity contribution in [1.82, 2.24) is 29.5 Å². The number of aromatic nitrogens is 5. The van der Waals surface area contributed by atoms with Crippen LogP contribution in [0.5, 0.6) is 0 Å². The van der Waals surface area contributed by atoms with E-state index in [4.69, 9.17) is 4.98 Å². The molecule has 1 saturated carbocycles. The van der Waals surface area contributed by atoms with E-state index in [0.29, 0.717) is 17.6 Å². The highest BCUT2D eigenvalue weighted by Crippen LogP contribution is 2.32. The number of nitrogens with zero attached hydrogens (tertiary/aromatic N) is 5. The van der Waals surface area contributed by atoms with Crippen molar-refractivity contribution in [2.45, 2.75) is 44.9 Å². The van der Waals surface area contributed by atoms with Crippen LogP contribution in [0.2, 0.25) is 0 Å². The average molecular weight is 419 g/mol. The van der Waals surface area contributed by atoms with Crippen molar-refractivity contribution in [1.29, 1.82) is 0 Å². The highest BCUT2D eigenvalue weighted by atomic mass is 16.3. The summed E-state index contributed by atoms with van der Waals surface area (Å²) in [5.41, 5.74) is 3.40. The molecule has 0 saturated heterocycles. The van der Waals surface area contributed by atoms with Gasteiger partial charge in [-0.2, -0.15) is 9.61 Å². The Labute approximate surface area is 179 Å². The molecule has 3 N–H and O–H groups in total. The predicted molar refractivity (Wildman–Crippen MR) is 118 cm³/mol. The summed E-state index contributed by atoms with van der Waals surface area (Å²) >= 11 is 0. The number of fused-ring (bicyclic) bond motifs is 2. The van der Waals surface area contributed by atoms with E-state index in [1.54, 1.807) is 10.7 Å². The Morgan fingerprint density at radius 3 is 2.81 bits per heavy atom. The SMILES string of the molecule is CNc1cc(-c2cn(C(C)C)c3ncccc23)nc2c(C(=O)NC3CCC3O)cnn12. The summed E-state index contributed by atoms with van der Waals surface area (Å²) < 4.78 is 3.74. The molecule has 4 aromatic rings. The number of nitrogens with one attached hydrogen (secondary N) is 2. The van der Waals surface area contributed by atoms with Gasteiger partial charge in [0.05, 0.1) is 24.0 Å². The number of hydrogen-bond donors (Lipinski definition) is 3. The lowest BCUT2D eigenvalue weighted by molar-refractivity contribution is 0.0448. The molecule has 31 heavy (non-hydrogen) atoms. The average Bonchev–Trinajstić information content (AvgIpc) is 3.37. The third-order valence-electron chi connectivity index (χ3n) is 5.95. The van der Waals surface area contributed by atoms with Crippen LogP contribution in [-0.2, 0) is 0 Å². The minimum absolute atomic E-state index is 0.218. The molecular formula is C22H25N7O2. The quantitative estimate of drug-likeness (QED) is 0.459. The maximum absolute atomic E-state index is 12.9. The topological polar surface area (TPSA) is 109 Å². The fourth-order valence-corrected chi connectivity index (χ4v) is 4.02. The molecule has 0 radical (unpaired) electrons. The van der Waals surface area contributed by atoms with Gasteiger partial charge in [-0.25, -0.2) is 9.97 Å². The molecule has 0 bridgehead atoms. The number of carbonyl (C=O) groups excluding carboxylic acids is 1. The Bertz CT molecular complexity index is 1290. The van der Waals surface area contributed by atoms with E-state index >= 15 is 0 Å². The molecule has 1 amide bonds. The molecular weight excluding hydrogens is 394 g/mol. The Hall–Kier alpha value is -3.46. The van der Waals surface area contributed by atoms with Crippen molar-refractivity contribution in [3.8, 4) is 11.3 Å². The van der Waals surface area contributed by atoms with Gasteiger partial charge in [-0.05, 0) is 38.8 Å². The van der Waals surface area contributed by atoms with Crippen LogP contribution < -0.4 is 10.6 Å². The standard InChI is InChI=1S/C22H25N7O2/c1-12(2)28-11-15(13-5-4-8-24-20(13)28)17-9-19(23-3)29-21(26-17)14(10-25-29)22(31)27-16-6-7-18(16)30/h4-5,8-12,16,18,23,30H,6-7H2,1-3H3,(H,27,31). The number of pyridine rings is 1. The molecule has 0 aromatic carbocycles. The molecule has 4 aromatic heterocycles. The van der Waals surface area contributed by atoms with Crippen molar-refractivity contribution >= 4 is 28.4 Å². The first-order valence-corrected chi connectivity index (χ1v) is 10.5. The largest absolute Gasteiger partial charge is 0.391 e. The second kappa shape index (κ2) is 7.35. The van der Waals surface area contributed by atoms with Crippen LogP contribution in [0, 0.1) is 0 Å². The fraction of sp³-hybridized carbons (Fsp3) is 0.364. The van der Waals surface area contributed by atoms with E-state index in [1.807, 2.05) is 25.2 Å². The molecule has 9 nitrogen and oxygen atoms in total. The summed E-state index contributed by atoms with van der Waals surface area (Å²) in [6.07, 6.45) is 6.36. The number of carbonyl (C=O) groups is 1. The van der Waals surface area contributed by atoms with Gasteiger partial charge in [-0.1, -0.05) is 0 Å². The molecule has 2 atom stereocenters. The van der Waals surface area contributed by atoms with Gasteiger partial charge in [0, 0.05) is 42.5 Å². The van der Waals surface area contributed by atoms with Crippen LogP contribution in [0.1, 0.15) is 43.1 Å². The van der Waals surface area contributed by atoms with E-state index in [-0.39, 0.29) is 18.0 Å². The zero-order valence-electron chi connectivity index (χ0n) is 17.7. The van der Waals surface area contributed by atoms with E-state index in [0.717, 1.165) is 34.5 Å². The zero-order valence-corrected chi connectivity index (χ0v) is 17.7. The summed E-state index contributed by atoms with van der Waals surface area (Å²) in [6, 6.07) is 5.89. The van der Waals surface area contributed by atoms with E-state index in [1.165, 1.54) is 6.20 Å². The fourth-order valence-electron chi connectivity index (χ4n) is 4.02. The van der Waals surface area contributed by atoms with Gasteiger partial charge in [0.15, 0.2) is 5.65 Å². The number of amides is 1. The van der Waals surface area contributed by atoms with Gasteiger partial charge in [-0.15, -0.1) is 0 Å². The van der Waals surface area contributed by atoms with Gasteiger partial charge < -0.3 is 20.3 Å². The molecule has 2 unspecified atom stereocenters. The molecule has 1 fully saturated rings. The first-order chi connectivity index (χ1) is 15.0. The van der Waals surface area contributed by atoms with Crippen molar-refractivity contribution < 1.29 is 9.90 Å². The maximum Gasteiger partial charge on any atom is 0.257 e. The van der Waals surface area contributed by atoms with Gasteiger partial charge in [-0.3, -0.25) is 4.79 Å². The normalized spacial score (nSPS) is 18.5. The Balaban J connectivity index is 1.65. The van der Waals surface area contributed by atoms with Gasteiger partial charge in [0.2, 0.25) is 0 Å². The summed E-state index contributed by atoms with van der Waals surface area (Å²) in [5.74, 6) is 0.439. The lowest BCUT2D eigenvalue weighted by Crippen LogP contribution is -2.50. The maximum atomic E-state index is 12.9. The predicted octanol–water partition coefficient (Wildman–Crippen LogP) is 2.62. The van der Waals surface area contributed by atoms with Crippen LogP contribution >= 0.6 is 0 Å². The number of rotatable bonds is 5. The number of anilines is 1.